The number of halogens is 3. The van der Waals surface area contributed by atoms with E-state index in [0.29, 0.717) is 24.9 Å². The highest BCUT2D eigenvalue weighted by Gasteiger charge is 2.31. The van der Waals surface area contributed by atoms with Gasteiger partial charge in [0.15, 0.2) is 0 Å². The molecule has 0 fully saturated rings. The molecule has 1 rings (SSSR count). The summed E-state index contributed by atoms with van der Waals surface area (Å²) in [6.45, 7) is 5.95. The summed E-state index contributed by atoms with van der Waals surface area (Å²) in [5.74, 6) is -0.612. The van der Waals surface area contributed by atoms with Crippen LogP contribution in [0, 0.1) is 5.92 Å². The van der Waals surface area contributed by atoms with Crippen LogP contribution in [-0.2, 0) is 17.4 Å². The molecular formula is C17H25F3N2O. The van der Waals surface area contributed by atoms with E-state index < -0.39 is 23.2 Å². The van der Waals surface area contributed by atoms with Crippen LogP contribution in [0.5, 0.6) is 0 Å². The van der Waals surface area contributed by atoms with Gasteiger partial charge in [-0.05, 0) is 30.9 Å². The van der Waals surface area contributed by atoms with E-state index in [9.17, 15) is 18.0 Å². The zero-order valence-electron chi connectivity index (χ0n) is 13.8. The molecule has 0 aliphatic heterocycles. The second kappa shape index (κ2) is 7.81. The van der Waals surface area contributed by atoms with Crippen LogP contribution >= 0.6 is 0 Å². The van der Waals surface area contributed by atoms with Crippen molar-refractivity contribution >= 4 is 5.91 Å². The number of benzene rings is 1. The fraction of sp³-hybridized carbons (Fsp3) is 0.588. The maximum absolute atomic E-state index is 12.7. The second-order valence-corrected chi connectivity index (χ2v) is 5.98. The Hall–Kier alpha value is -1.56. The number of alkyl halides is 3. The maximum atomic E-state index is 12.7. The van der Waals surface area contributed by atoms with Gasteiger partial charge in [0.2, 0.25) is 5.91 Å². The summed E-state index contributed by atoms with van der Waals surface area (Å²) in [6.07, 6.45) is -2.70. The first-order valence-electron chi connectivity index (χ1n) is 7.85. The Kier molecular flexibility index (Phi) is 6.62. The molecule has 0 aliphatic carbocycles. The van der Waals surface area contributed by atoms with Crippen molar-refractivity contribution in [1.82, 2.24) is 5.32 Å². The Morgan fingerprint density at radius 1 is 1.26 bits per heavy atom. The molecule has 130 valence electrons. The molecule has 0 saturated heterocycles. The molecule has 3 nitrogen and oxygen atoms in total. The van der Waals surface area contributed by atoms with Gasteiger partial charge in [0.1, 0.15) is 0 Å². The number of rotatable bonds is 7. The van der Waals surface area contributed by atoms with Crippen LogP contribution in [0.3, 0.4) is 0 Å². The first-order valence-corrected chi connectivity index (χ1v) is 7.85. The Morgan fingerprint density at radius 3 is 2.35 bits per heavy atom. The smallest absolute Gasteiger partial charge is 0.349 e. The monoisotopic (exact) mass is 330 g/mol. The molecule has 1 atom stereocenters. The van der Waals surface area contributed by atoms with Crippen molar-refractivity contribution in [3.63, 3.8) is 0 Å². The van der Waals surface area contributed by atoms with Crippen LogP contribution < -0.4 is 11.1 Å². The number of amides is 1. The van der Waals surface area contributed by atoms with E-state index in [1.165, 1.54) is 6.07 Å². The molecule has 0 heterocycles. The Balaban J connectivity index is 2.80. The molecule has 23 heavy (non-hydrogen) atoms. The van der Waals surface area contributed by atoms with Crippen molar-refractivity contribution in [2.75, 3.05) is 6.54 Å². The zero-order chi connectivity index (χ0) is 17.7. The molecule has 1 amide bonds. The summed E-state index contributed by atoms with van der Waals surface area (Å²) in [5, 5.41) is 2.96. The molecule has 0 aromatic heterocycles. The van der Waals surface area contributed by atoms with Crippen LogP contribution in [0.4, 0.5) is 13.2 Å². The SMILES string of the molecule is CCC(CC)(CN)NC(=O)C(C)Cc1cccc(C(F)(F)F)c1. The topological polar surface area (TPSA) is 55.1 Å². The van der Waals surface area contributed by atoms with E-state index in [1.807, 2.05) is 13.8 Å². The number of hydrogen-bond acceptors (Lipinski definition) is 2. The average molecular weight is 330 g/mol. The fourth-order valence-electron chi connectivity index (χ4n) is 2.47. The van der Waals surface area contributed by atoms with Gasteiger partial charge in [-0.3, -0.25) is 4.79 Å². The van der Waals surface area contributed by atoms with Gasteiger partial charge in [0, 0.05) is 12.5 Å². The van der Waals surface area contributed by atoms with Gasteiger partial charge in [0.25, 0.3) is 0 Å². The second-order valence-electron chi connectivity index (χ2n) is 5.98. The van der Waals surface area contributed by atoms with Crippen molar-refractivity contribution < 1.29 is 18.0 Å². The van der Waals surface area contributed by atoms with Crippen molar-refractivity contribution in [2.24, 2.45) is 11.7 Å². The molecule has 1 aromatic rings. The number of carbonyl (C=O) groups is 1. The zero-order valence-corrected chi connectivity index (χ0v) is 13.8. The lowest BCUT2D eigenvalue weighted by atomic mass is 9.91. The minimum absolute atomic E-state index is 0.184. The molecule has 3 N–H and O–H groups in total. The van der Waals surface area contributed by atoms with E-state index in [4.69, 9.17) is 5.73 Å². The van der Waals surface area contributed by atoms with Crippen molar-refractivity contribution in [3.8, 4) is 0 Å². The quantitative estimate of drug-likeness (QED) is 0.804. The lowest BCUT2D eigenvalue weighted by Gasteiger charge is -2.32. The highest BCUT2D eigenvalue weighted by molar-refractivity contribution is 5.79. The van der Waals surface area contributed by atoms with Gasteiger partial charge in [-0.1, -0.05) is 39.0 Å². The minimum Gasteiger partial charge on any atom is -0.349 e. The van der Waals surface area contributed by atoms with E-state index in [2.05, 4.69) is 5.32 Å². The molecule has 0 saturated carbocycles. The standard InChI is InChI=1S/C17H25F3N2O/c1-4-16(5-2,11-21)22-15(23)12(3)9-13-7-6-8-14(10-13)17(18,19)20/h6-8,10,12H,4-5,9,11,21H2,1-3H3,(H,22,23). The number of nitrogens with two attached hydrogens (primary N) is 1. The van der Waals surface area contributed by atoms with E-state index >= 15 is 0 Å². The van der Waals surface area contributed by atoms with Gasteiger partial charge < -0.3 is 11.1 Å². The summed E-state index contributed by atoms with van der Waals surface area (Å²) >= 11 is 0. The van der Waals surface area contributed by atoms with Crippen LogP contribution in [0.1, 0.15) is 44.7 Å². The molecule has 6 heteroatoms. The van der Waals surface area contributed by atoms with Gasteiger partial charge in [-0.15, -0.1) is 0 Å². The lowest BCUT2D eigenvalue weighted by molar-refractivity contribution is -0.137. The van der Waals surface area contributed by atoms with Crippen molar-refractivity contribution in [1.29, 1.82) is 0 Å². The fourth-order valence-corrected chi connectivity index (χ4v) is 2.47. The summed E-state index contributed by atoms with van der Waals surface area (Å²) in [4.78, 5) is 12.3. The third kappa shape index (κ3) is 5.23. The van der Waals surface area contributed by atoms with Crippen LogP contribution in [-0.4, -0.2) is 18.0 Å². The number of carbonyl (C=O) groups excluding carboxylic acids is 1. The number of hydrogen-bond donors (Lipinski definition) is 2. The van der Waals surface area contributed by atoms with Crippen molar-refractivity contribution in [2.45, 2.75) is 51.7 Å². The molecule has 0 spiro atoms. The number of nitrogens with one attached hydrogen (secondary N) is 1. The third-order valence-corrected chi connectivity index (χ3v) is 4.38. The highest BCUT2D eigenvalue weighted by atomic mass is 19.4. The minimum atomic E-state index is -4.37. The summed E-state index contributed by atoms with van der Waals surface area (Å²) < 4.78 is 38.2. The highest BCUT2D eigenvalue weighted by Crippen LogP contribution is 2.30. The lowest BCUT2D eigenvalue weighted by Crippen LogP contribution is -2.54. The molecule has 1 aromatic carbocycles. The van der Waals surface area contributed by atoms with Gasteiger partial charge in [-0.25, -0.2) is 0 Å². The Labute approximate surface area is 135 Å². The van der Waals surface area contributed by atoms with E-state index in [0.717, 1.165) is 12.1 Å². The molecule has 0 bridgehead atoms. The largest absolute Gasteiger partial charge is 0.416 e. The predicted octanol–water partition coefficient (Wildman–Crippen LogP) is 3.52. The molecule has 0 aliphatic rings. The maximum Gasteiger partial charge on any atom is 0.416 e. The van der Waals surface area contributed by atoms with Gasteiger partial charge in [-0.2, -0.15) is 13.2 Å². The first-order chi connectivity index (χ1) is 10.7. The van der Waals surface area contributed by atoms with Gasteiger partial charge in [0.05, 0.1) is 11.1 Å². The van der Waals surface area contributed by atoms with Gasteiger partial charge >= 0.3 is 6.18 Å². The molecule has 0 radical (unpaired) electrons. The molecule has 1 unspecified atom stereocenters. The van der Waals surface area contributed by atoms with Crippen LogP contribution in [0.2, 0.25) is 0 Å². The van der Waals surface area contributed by atoms with Crippen LogP contribution in [0.25, 0.3) is 0 Å². The van der Waals surface area contributed by atoms with E-state index in [-0.39, 0.29) is 12.3 Å². The first kappa shape index (κ1) is 19.5. The average Bonchev–Trinajstić information content (AvgIpc) is 2.52. The normalized spacial score (nSPS) is 13.7. The Bertz CT molecular complexity index is 517. The van der Waals surface area contributed by atoms with Crippen LogP contribution in [0.15, 0.2) is 24.3 Å². The summed E-state index contributed by atoms with van der Waals surface area (Å²) in [5.41, 5.74) is 5.11. The predicted molar refractivity (Wildman–Crippen MR) is 84.8 cm³/mol. The summed E-state index contributed by atoms with van der Waals surface area (Å²) in [7, 11) is 0. The van der Waals surface area contributed by atoms with Crippen molar-refractivity contribution in [3.05, 3.63) is 35.4 Å². The van der Waals surface area contributed by atoms with E-state index in [1.54, 1.807) is 13.0 Å². The molecular weight excluding hydrogens is 305 g/mol. The third-order valence-electron chi connectivity index (χ3n) is 4.38. The Morgan fingerprint density at radius 2 is 1.87 bits per heavy atom. The summed E-state index contributed by atoms with van der Waals surface area (Å²) in [6, 6.07) is 5.10.